The van der Waals surface area contributed by atoms with Crippen molar-refractivity contribution in [2.75, 3.05) is 6.54 Å². The first-order chi connectivity index (χ1) is 8.19. The largest absolute Gasteiger partial charge is 0.405 e. The number of rotatable bonds is 4. The van der Waals surface area contributed by atoms with Gasteiger partial charge in [-0.1, -0.05) is 0 Å². The lowest BCUT2D eigenvalue weighted by Crippen LogP contribution is -2.38. The van der Waals surface area contributed by atoms with Gasteiger partial charge >= 0.3 is 6.18 Å². The van der Waals surface area contributed by atoms with Crippen molar-refractivity contribution >= 4 is 9.84 Å². The van der Waals surface area contributed by atoms with E-state index in [9.17, 15) is 26.0 Å². The van der Waals surface area contributed by atoms with Crippen LogP contribution >= 0.6 is 0 Å². The minimum atomic E-state index is -4.91. The summed E-state index contributed by atoms with van der Waals surface area (Å²) in [7, 11) is -4.61. The van der Waals surface area contributed by atoms with Gasteiger partial charge in [-0.15, -0.1) is 0 Å². The van der Waals surface area contributed by atoms with Gasteiger partial charge in [-0.2, -0.15) is 13.2 Å². The van der Waals surface area contributed by atoms with Crippen LogP contribution < -0.4 is 5.73 Å². The monoisotopic (exact) mass is 285 g/mol. The van der Waals surface area contributed by atoms with Crippen LogP contribution in [0.15, 0.2) is 29.2 Å². The first-order valence-electron chi connectivity index (χ1n) is 4.96. The molecule has 1 rings (SSSR count). The summed E-state index contributed by atoms with van der Waals surface area (Å²) < 4.78 is 74.2. The predicted molar refractivity (Wildman–Crippen MR) is 57.1 cm³/mol. The van der Waals surface area contributed by atoms with Crippen molar-refractivity contribution in [1.29, 1.82) is 0 Å². The van der Waals surface area contributed by atoms with Crippen LogP contribution in [0.4, 0.5) is 17.6 Å². The van der Waals surface area contributed by atoms with Crippen molar-refractivity contribution in [3.8, 4) is 0 Å². The molecule has 0 fully saturated rings. The molecule has 0 aromatic heterocycles. The van der Waals surface area contributed by atoms with Crippen molar-refractivity contribution in [3.05, 3.63) is 30.1 Å². The Balaban J connectivity index is 3.21. The van der Waals surface area contributed by atoms with Gasteiger partial charge in [0.1, 0.15) is 5.82 Å². The highest BCUT2D eigenvalue weighted by Crippen LogP contribution is 2.32. The predicted octanol–water partition coefficient (Wildman–Crippen LogP) is 1.88. The SMILES string of the molecule is NCCC(C(F)(F)F)S(=O)(=O)c1ccc(F)cc1. The summed E-state index contributed by atoms with van der Waals surface area (Å²) in [6.07, 6.45) is -5.64. The van der Waals surface area contributed by atoms with E-state index in [-0.39, 0.29) is 0 Å². The lowest BCUT2D eigenvalue weighted by atomic mass is 10.3. The molecule has 0 saturated heterocycles. The minimum Gasteiger partial charge on any atom is -0.330 e. The molecule has 0 bridgehead atoms. The van der Waals surface area contributed by atoms with Crippen LogP contribution in [0, 0.1) is 5.82 Å². The van der Waals surface area contributed by atoms with Crippen LogP contribution in [0.2, 0.25) is 0 Å². The van der Waals surface area contributed by atoms with Crippen LogP contribution in [-0.2, 0) is 9.84 Å². The molecule has 2 N–H and O–H groups in total. The van der Waals surface area contributed by atoms with E-state index >= 15 is 0 Å². The van der Waals surface area contributed by atoms with E-state index in [2.05, 4.69) is 0 Å². The highest BCUT2D eigenvalue weighted by Gasteiger charge is 2.48. The summed E-state index contributed by atoms with van der Waals surface area (Å²) in [6, 6.07) is 3.20. The lowest BCUT2D eigenvalue weighted by Gasteiger charge is -2.19. The first-order valence-corrected chi connectivity index (χ1v) is 6.50. The Kier molecular flexibility index (Phi) is 4.33. The van der Waals surface area contributed by atoms with Gasteiger partial charge in [0, 0.05) is 0 Å². The van der Waals surface area contributed by atoms with Gasteiger partial charge in [0.15, 0.2) is 15.1 Å². The maximum absolute atomic E-state index is 12.7. The Hall–Kier alpha value is -1.15. The van der Waals surface area contributed by atoms with Crippen molar-refractivity contribution < 1.29 is 26.0 Å². The van der Waals surface area contributed by atoms with E-state index in [4.69, 9.17) is 5.73 Å². The van der Waals surface area contributed by atoms with E-state index < -0.39 is 44.9 Å². The molecule has 102 valence electrons. The van der Waals surface area contributed by atoms with Crippen molar-refractivity contribution in [2.24, 2.45) is 5.73 Å². The number of hydrogen-bond acceptors (Lipinski definition) is 3. The molecule has 1 aromatic carbocycles. The number of nitrogens with two attached hydrogens (primary N) is 1. The summed E-state index contributed by atoms with van der Waals surface area (Å²) in [4.78, 5) is -0.570. The first kappa shape index (κ1) is 14.9. The molecular weight excluding hydrogens is 274 g/mol. The molecule has 0 aliphatic heterocycles. The van der Waals surface area contributed by atoms with E-state index in [0.29, 0.717) is 0 Å². The quantitative estimate of drug-likeness (QED) is 0.678. The Bertz CT molecular complexity index is 496. The van der Waals surface area contributed by atoms with Crippen molar-refractivity contribution in [3.63, 3.8) is 0 Å². The molecule has 18 heavy (non-hydrogen) atoms. The second-order valence-electron chi connectivity index (χ2n) is 3.61. The maximum Gasteiger partial charge on any atom is 0.405 e. The van der Waals surface area contributed by atoms with E-state index in [1.54, 1.807) is 0 Å². The molecule has 0 spiro atoms. The van der Waals surface area contributed by atoms with E-state index in [1.165, 1.54) is 0 Å². The molecule has 0 heterocycles. The molecule has 1 unspecified atom stereocenters. The van der Waals surface area contributed by atoms with E-state index in [1.807, 2.05) is 0 Å². The van der Waals surface area contributed by atoms with Gasteiger partial charge < -0.3 is 5.73 Å². The fourth-order valence-electron chi connectivity index (χ4n) is 1.43. The summed E-state index contributed by atoms with van der Waals surface area (Å²) in [5, 5.41) is -2.57. The maximum atomic E-state index is 12.7. The minimum absolute atomic E-state index is 0.412. The van der Waals surface area contributed by atoms with Crippen LogP contribution in [0.3, 0.4) is 0 Å². The van der Waals surface area contributed by atoms with Crippen LogP contribution in [0.25, 0.3) is 0 Å². The molecule has 1 aromatic rings. The average Bonchev–Trinajstić information content (AvgIpc) is 2.24. The summed E-state index contributed by atoms with van der Waals surface area (Å²) in [5.74, 6) is -0.726. The van der Waals surface area contributed by atoms with Gasteiger partial charge in [-0.3, -0.25) is 0 Å². The van der Waals surface area contributed by atoms with Gasteiger partial charge in [0.2, 0.25) is 0 Å². The molecule has 1 atom stereocenters. The Morgan fingerprint density at radius 2 is 1.67 bits per heavy atom. The number of halogens is 4. The topological polar surface area (TPSA) is 60.2 Å². The van der Waals surface area contributed by atoms with Gasteiger partial charge in [-0.05, 0) is 37.2 Å². The van der Waals surface area contributed by atoms with Gasteiger partial charge in [0.25, 0.3) is 0 Å². The summed E-state index contributed by atoms with van der Waals surface area (Å²) in [6.45, 7) is -0.412. The third-order valence-corrected chi connectivity index (χ3v) is 4.49. The molecule has 0 radical (unpaired) electrons. The highest BCUT2D eigenvalue weighted by atomic mass is 32.2. The zero-order valence-electron chi connectivity index (χ0n) is 9.11. The fraction of sp³-hybridized carbons (Fsp3) is 0.400. The normalized spacial score (nSPS) is 14.5. The second kappa shape index (κ2) is 5.23. The van der Waals surface area contributed by atoms with Crippen molar-refractivity contribution in [2.45, 2.75) is 22.7 Å². The van der Waals surface area contributed by atoms with Gasteiger partial charge in [-0.25, -0.2) is 12.8 Å². The van der Waals surface area contributed by atoms with Gasteiger partial charge in [0.05, 0.1) is 4.90 Å². The number of sulfone groups is 1. The standard InChI is InChI=1S/C10H11F4NO2S/c11-7-1-3-8(4-2-7)18(16,17)9(5-6-15)10(12,13)14/h1-4,9H,5-6,15H2. The van der Waals surface area contributed by atoms with Crippen LogP contribution in [-0.4, -0.2) is 26.4 Å². The molecule has 3 nitrogen and oxygen atoms in total. The summed E-state index contributed by atoms with van der Waals surface area (Å²) in [5.41, 5.74) is 5.00. The smallest absolute Gasteiger partial charge is 0.330 e. The Labute approximate surface area is 102 Å². The second-order valence-corrected chi connectivity index (χ2v) is 5.74. The zero-order chi connectivity index (χ0) is 14.0. The molecule has 0 aliphatic carbocycles. The molecule has 0 saturated carbocycles. The number of alkyl halides is 3. The third-order valence-electron chi connectivity index (χ3n) is 2.31. The fourth-order valence-corrected chi connectivity index (χ4v) is 3.08. The number of hydrogen-bond donors (Lipinski definition) is 1. The molecular formula is C10H11F4NO2S. The summed E-state index contributed by atoms with van der Waals surface area (Å²) >= 11 is 0. The Morgan fingerprint density at radius 3 is 2.06 bits per heavy atom. The molecule has 8 heteroatoms. The third kappa shape index (κ3) is 3.20. The van der Waals surface area contributed by atoms with Crippen molar-refractivity contribution in [1.82, 2.24) is 0 Å². The zero-order valence-corrected chi connectivity index (χ0v) is 9.93. The lowest BCUT2D eigenvalue weighted by molar-refractivity contribution is -0.131. The molecule has 0 aliphatic rings. The highest BCUT2D eigenvalue weighted by molar-refractivity contribution is 7.92. The van der Waals surface area contributed by atoms with Crippen LogP contribution in [0.5, 0.6) is 0 Å². The Morgan fingerprint density at radius 1 is 1.17 bits per heavy atom. The molecule has 0 amide bonds. The number of benzene rings is 1. The van der Waals surface area contributed by atoms with Crippen LogP contribution in [0.1, 0.15) is 6.42 Å². The average molecular weight is 285 g/mol. The van der Waals surface area contributed by atoms with E-state index in [0.717, 1.165) is 24.3 Å².